The minimum atomic E-state index is -0.270. The van der Waals surface area contributed by atoms with Gasteiger partial charge in [0.15, 0.2) is 5.16 Å². The van der Waals surface area contributed by atoms with E-state index >= 15 is 0 Å². The number of aryl methyl sites for hydroxylation is 2. The Kier molecular flexibility index (Phi) is 8.12. The smallest absolute Gasteiger partial charge is 0.233 e. The van der Waals surface area contributed by atoms with E-state index in [9.17, 15) is 9.59 Å². The van der Waals surface area contributed by atoms with Crippen LogP contribution in [0, 0.1) is 13.8 Å². The predicted octanol–water partition coefficient (Wildman–Crippen LogP) is 4.03. The molecule has 1 aliphatic carbocycles. The Balaban J connectivity index is 1.60. The van der Waals surface area contributed by atoms with Gasteiger partial charge in [-0.2, -0.15) is 0 Å². The lowest BCUT2D eigenvalue weighted by atomic mass is 9.95. The predicted molar refractivity (Wildman–Crippen MR) is 124 cm³/mol. The number of rotatable bonds is 8. The van der Waals surface area contributed by atoms with Gasteiger partial charge in [-0.3, -0.25) is 9.59 Å². The fourth-order valence-electron chi connectivity index (χ4n) is 3.92. The number of benzene rings is 1. The van der Waals surface area contributed by atoms with Crippen molar-refractivity contribution in [1.82, 2.24) is 20.1 Å². The lowest BCUT2D eigenvalue weighted by Crippen LogP contribution is -2.40. The van der Waals surface area contributed by atoms with Gasteiger partial charge in [-0.05, 0) is 52.2 Å². The molecule has 0 radical (unpaired) electrons. The highest BCUT2D eigenvalue weighted by Crippen LogP contribution is 2.24. The van der Waals surface area contributed by atoms with Crippen LogP contribution in [-0.2, 0) is 22.6 Å². The van der Waals surface area contributed by atoms with Crippen molar-refractivity contribution in [3.8, 4) is 0 Å². The zero-order chi connectivity index (χ0) is 22.4. The van der Waals surface area contributed by atoms with E-state index in [-0.39, 0.29) is 29.5 Å². The molecule has 31 heavy (non-hydrogen) atoms. The first-order valence-corrected chi connectivity index (χ1v) is 12.0. The number of carbonyl (C=O) groups excluding carboxylic acids is 2. The largest absolute Gasteiger partial charge is 0.352 e. The van der Waals surface area contributed by atoms with Gasteiger partial charge in [-0.15, -0.1) is 10.2 Å². The van der Waals surface area contributed by atoms with Gasteiger partial charge in [0.25, 0.3) is 0 Å². The van der Waals surface area contributed by atoms with E-state index < -0.39 is 0 Å². The zero-order valence-electron chi connectivity index (χ0n) is 18.9. The van der Waals surface area contributed by atoms with Crippen LogP contribution in [0.25, 0.3) is 0 Å². The van der Waals surface area contributed by atoms with E-state index in [2.05, 4.69) is 20.8 Å². The second-order valence-corrected chi connectivity index (χ2v) is 9.60. The number of carbonyl (C=O) groups is 2. The van der Waals surface area contributed by atoms with Gasteiger partial charge in [0.1, 0.15) is 5.82 Å². The lowest BCUT2D eigenvalue weighted by Gasteiger charge is -2.24. The number of aromatic nitrogens is 3. The maximum atomic E-state index is 12.6. The van der Waals surface area contributed by atoms with Crippen LogP contribution in [0.4, 0.5) is 5.69 Å². The Bertz CT molecular complexity index is 921. The molecule has 1 aromatic carbocycles. The van der Waals surface area contributed by atoms with Crippen molar-refractivity contribution in [2.24, 2.45) is 0 Å². The molecule has 1 aromatic heterocycles. The van der Waals surface area contributed by atoms with Gasteiger partial charge in [-0.25, -0.2) is 0 Å². The Morgan fingerprint density at radius 3 is 2.61 bits per heavy atom. The average Bonchev–Trinajstić information content (AvgIpc) is 3.11. The van der Waals surface area contributed by atoms with Crippen LogP contribution in [0.1, 0.15) is 62.9 Å². The molecular formula is C23H33N5O2S. The van der Waals surface area contributed by atoms with Crippen LogP contribution in [-0.4, -0.2) is 37.9 Å². The number of hydrogen-bond acceptors (Lipinski definition) is 5. The maximum absolute atomic E-state index is 12.6. The molecule has 8 heteroatoms. The van der Waals surface area contributed by atoms with Crippen molar-refractivity contribution < 1.29 is 9.59 Å². The average molecular weight is 444 g/mol. The summed E-state index contributed by atoms with van der Waals surface area (Å²) in [5.74, 6) is 0.512. The van der Waals surface area contributed by atoms with Crippen LogP contribution in [0.2, 0.25) is 0 Å². The summed E-state index contributed by atoms with van der Waals surface area (Å²) in [4.78, 5) is 25.2. The number of amides is 2. The standard InChI is InChI=1S/C23H33N5O2S/c1-5-28-20(14-21(29)25-19-12-11-15(2)13-16(19)3)26-27-23(28)31-17(4)22(30)24-18-9-7-6-8-10-18/h11-13,17-18H,5-10,14H2,1-4H3,(H,24,30)(H,25,29)/t17-/m0/s1. The third-order valence-electron chi connectivity index (χ3n) is 5.69. The van der Waals surface area contributed by atoms with Crippen molar-refractivity contribution in [2.45, 2.75) is 89.2 Å². The highest BCUT2D eigenvalue weighted by molar-refractivity contribution is 8.00. The molecule has 2 aromatic rings. The van der Waals surface area contributed by atoms with E-state index in [1.54, 1.807) is 0 Å². The lowest BCUT2D eigenvalue weighted by molar-refractivity contribution is -0.121. The highest BCUT2D eigenvalue weighted by Gasteiger charge is 2.23. The molecule has 0 unspecified atom stereocenters. The summed E-state index contributed by atoms with van der Waals surface area (Å²) >= 11 is 1.39. The Morgan fingerprint density at radius 2 is 1.94 bits per heavy atom. The van der Waals surface area contributed by atoms with Crippen LogP contribution in [0.15, 0.2) is 23.4 Å². The van der Waals surface area contributed by atoms with Crippen molar-refractivity contribution in [3.63, 3.8) is 0 Å². The van der Waals surface area contributed by atoms with Crippen molar-refractivity contribution in [2.75, 3.05) is 5.32 Å². The third kappa shape index (κ3) is 6.32. The molecule has 1 fully saturated rings. The van der Waals surface area contributed by atoms with Crippen molar-refractivity contribution in [1.29, 1.82) is 0 Å². The summed E-state index contributed by atoms with van der Waals surface area (Å²) in [6, 6.07) is 6.23. The van der Waals surface area contributed by atoms with E-state index in [4.69, 9.17) is 0 Å². The SMILES string of the molecule is CCn1c(CC(=O)Nc2ccc(C)cc2C)nnc1S[C@@H](C)C(=O)NC1CCCCC1. The number of hydrogen-bond donors (Lipinski definition) is 2. The first-order valence-electron chi connectivity index (χ1n) is 11.1. The summed E-state index contributed by atoms with van der Waals surface area (Å²) in [7, 11) is 0. The van der Waals surface area contributed by atoms with Gasteiger partial charge in [0.05, 0.1) is 11.7 Å². The molecule has 168 valence electrons. The molecule has 0 spiro atoms. The number of nitrogens with one attached hydrogen (secondary N) is 2. The first-order chi connectivity index (χ1) is 14.9. The summed E-state index contributed by atoms with van der Waals surface area (Å²) in [5.41, 5.74) is 2.99. The highest BCUT2D eigenvalue weighted by atomic mass is 32.2. The first kappa shape index (κ1) is 23.3. The van der Waals surface area contributed by atoms with E-state index in [0.29, 0.717) is 17.5 Å². The van der Waals surface area contributed by atoms with Gasteiger partial charge >= 0.3 is 0 Å². The molecule has 1 heterocycles. The fourth-order valence-corrected chi connectivity index (χ4v) is 4.86. The number of anilines is 1. The van der Waals surface area contributed by atoms with Crippen LogP contribution in [0.5, 0.6) is 0 Å². The van der Waals surface area contributed by atoms with Gasteiger partial charge < -0.3 is 15.2 Å². The van der Waals surface area contributed by atoms with Gasteiger partial charge in [0, 0.05) is 18.3 Å². The third-order valence-corrected chi connectivity index (χ3v) is 6.77. The molecule has 3 rings (SSSR count). The molecule has 2 N–H and O–H groups in total. The van der Waals surface area contributed by atoms with Crippen LogP contribution < -0.4 is 10.6 Å². The molecule has 0 aliphatic heterocycles. The maximum Gasteiger partial charge on any atom is 0.233 e. The summed E-state index contributed by atoms with van der Waals surface area (Å²) in [6.45, 7) is 8.53. The molecule has 0 saturated heterocycles. The summed E-state index contributed by atoms with van der Waals surface area (Å²) in [6.07, 6.45) is 5.89. The molecular weight excluding hydrogens is 410 g/mol. The van der Waals surface area contributed by atoms with Crippen molar-refractivity contribution in [3.05, 3.63) is 35.2 Å². The molecule has 1 atom stereocenters. The molecule has 7 nitrogen and oxygen atoms in total. The summed E-state index contributed by atoms with van der Waals surface area (Å²) < 4.78 is 1.91. The zero-order valence-corrected chi connectivity index (χ0v) is 19.7. The minimum Gasteiger partial charge on any atom is -0.352 e. The molecule has 0 bridgehead atoms. The van der Waals surface area contributed by atoms with E-state index in [0.717, 1.165) is 29.7 Å². The number of nitrogens with zero attached hydrogens (tertiary/aromatic N) is 3. The van der Waals surface area contributed by atoms with Crippen LogP contribution >= 0.6 is 11.8 Å². The normalized spacial score (nSPS) is 15.5. The Hall–Kier alpha value is -2.35. The van der Waals surface area contributed by atoms with Gasteiger partial charge in [0.2, 0.25) is 11.8 Å². The van der Waals surface area contributed by atoms with Crippen molar-refractivity contribution >= 4 is 29.3 Å². The molecule has 1 aliphatic rings. The molecule has 2 amide bonds. The number of thioether (sulfide) groups is 1. The summed E-state index contributed by atoms with van der Waals surface area (Å²) in [5, 5.41) is 15.0. The van der Waals surface area contributed by atoms with E-state index in [1.165, 1.54) is 31.0 Å². The second-order valence-electron chi connectivity index (χ2n) is 8.29. The topological polar surface area (TPSA) is 88.9 Å². The Morgan fingerprint density at radius 1 is 1.19 bits per heavy atom. The van der Waals surface area contributed by atoms with Crippen LogP contribution in [0.3, 0.4) is 0 Å². The van der Waals surface area contributed by atoms with Gasteiger partial charge in [-0.1, -0.05) is 48.7 Å². The minimum absolute atomic E-state index is 0.0386. The molecule has 1 saturated carbocycles. The second kappa shape index (κ2) is 10.8. The fraction of sp³-hybridized carbons (Fsp3) is 0.565. The van der Waals surface area contributed by atoms with E-state index in [1.807, 2.05) is 50.5 Å². The Labute approximate surface area is 188 Å². The monoisotopic (exact) mass is 443 g/mol. The quantitative estimate of drug-likeness (QED) is 0.602.